The molecule has 1 atom stereocenters. The van der Waals surface area contributed by atoms with E-state index in [1.807, 2.05) is 31.2 Å². The minimum atomic E-state index is -0.192. The summed E-state index contributed by atoms with van der Waals surface area (Å²) >= 11 is 0. The fourth-order valence-electron chi connectivity index (χ4n) is 2.90. The maximum Gasteiger partial charge on any atom is 0.252 e. The average molecular weight is 357 g/mol. The van der Waals surface area contributed by atoms with Crippen LogP contribution in [0.25, 0.3) is 0 Å². The summed E-state index contributed by atoms with van der Waals surface area (Å²) in [5.41, 5.74) is 1.49. The van der Waals surface area contributed by atoms with Crippen molar-refractivity contribution in [3.8, 4) is 23.0 Å². The maximum absolute atomic E-state index is 12.8. The molecule has 138 valence electrons. The topological polar surface area (TPSA) is 66.0 Å². The number of nitrogens with one attached hydrogen (secondary N) is 1. The highest BCUT2D eigenvalue weighted by Gasteiger charge is 2.22. The minimum Gasteiger partial charge on any atom is -0.497 e. The van der Waals surface area contributed by atoms with Gasteiger partial charge in [0.05, 0.1) is 20.3 Å². The zero-order chi connectivity index (χ0) is 18.5. The zero-order valence-electron chi connectivity index (χ0n) is 15.2. The Morgan fingerprint density at radius 1 is 1.12 bits per heavy atom. The first-order chi connectivity index (χ1) is 12.7. The minimum absolute atomic E-state index is 0.104. The van der Waals surface area contributed by atoms with Gasteiger partial charge in [-0.2, -0.15) is 0 Å². The summed E-state index contributed by atoms with van der Waals surface area (Å²) in [6, 6.07) is 10.9. The second kappa shape index (κ2) is 7.99. The van der Waals surface area contributed by atoms with Crippen LogP contribution in [0.3, 0.4) is 0 Å². The first-order valence-electron chi connectivity index (χ1n) is 8.58. The highest BCUT2D eigenvalue weighted by Crippen LogP contribution is 2.40. The van der Waals surface area contributed by atoms with E-state index < -0.39 is 0 Å². The molecule has 0 saturated heterocycles. The molecule has 0 saturated carbocycles. The number of rotatable bonds is 6. The molecule has 1 N–H and O–H groups in total. The summed E-state index contributed by atoms with van der Waals surface area (Å²) in [4.78, 5) is 12.8. The molecule has 0 aromatic heterocycles. The fraction of sp³-hybridized carbons (Fsp3) is 0.350. The van der Waals surface area contributed by atoms with E-state index in [4.69, 9.17) is 18.9 Å². The van der Waals surface area contributed by atoms with Crippen molar-refractivity contribution < 1.29 is 23.7 Å². The maximum atomic E-state index is 12.8. The van der Waals surface area contributed by atoms with E-state index in [1.54, 1.807) is 26.4 Å². The quantitative estimate of drug-likeness (QED) is 0.859. The van der Waals surface area contributed by atoms with Gasteiger partial charge in [-0.25, -0.2) is 0 Å². The number of methoxy groups -OCH3 is 2. The molecule has 0 aliphatic carbocycles. The van der Waals surface area contributed by atoms with Crippen LogP contribution in [-0.2, 0) is 0 Å². The molecule has 6 nitrogen and oxygen atoms in total. The van der Waals surface area contributed by atoms with Crippen LogP contribution in [0.15, 0.2) is 36.4 Å². The van der Waals surface area contributed by atoms with Crippen molar-refractivity contribution in [3.05, 3.63) is 47.5 Å². The second-order valence-electron chi connectivity index (χ2n) is 5.91. The van der Waals surface area contributed by atoms with Gasteiger partial charge in [-0.1, -0.05) is 19.1 Å². The van der Waals surface area contributed by atoms with Crippen LogP contribution in [-0.4, -0.2) is 33.3 Å². The van der Waals surface area contributed by atoms with E-state index in [1.165, 1.54) is 0 Å². The van der Waals surface area contributed by atoms with E-state index in [0.717, 1.165) is 17.7 Å². The predicted octanol–water partition coefficient (Wildman–Crippen LogP) is 3.36. The molecule has 0 spiro atoms. The van der Waals surface area contributed by atoms with Crippen molar-refractivity contribution in [1.29, 1.82) is 0 Å². The Morgan fingerprint density at radius 2 is 1.85 bits per heavy atom. The monoisotopic (exact) mass is 357 g/mol. The molecule has 0 unspecified atom stereocenters. The van der Waals surface area contributed by atoms with Gasteiger partial charge in [0, 0.05) is 5.56 Å². The van der Waals surface area contributed by atoms with Gasteiger partial charge in [-0.15, -0.1) is 0 Å². The van der Waals surface area contributed by atoms with Crippen molar-refractivity contribution in [2.45, 2.75) is 19.4 Å². The Labute approximate surface area is 153 Å². The molecule has 0 radical (unpaired) electrons. The van der Waals surface area contributed by atoms with Crippen molar-refractivity contribution in [1.82, 2.24) is 5.32 Å². The summed E-state index contributed by atoms with van der Waals surface area (Å²) in [5, 5.41) is 3.06. The fourth-order valence-corrected chi connectivity index (χ4v) is 2.90. The van der Waals surface area contributed by atoms with Gasteiger partial charge in [0.2, 0.25) is 5.75 Å². The molecule has 0 bridgehead atoms. The molecule has 1 amide bonds. The van der Waals surface area contributed by atoms with Gasteiger partial charge < -0.3 is 24.3 Å². The molecule has 3 rings (SSSR count). The normalized spacial score (nSPS) is 13.7. The van der Waals surface area contributed by atoms with Gasteiger partial charge in [-0.05, 0) is 36.2 Å². The lowest BCUT2D eigenvalue weighted by Crippen LogP contribution is -2.28. The van der Waals surface area contributed by atoms with Crippen molar-refractivity contribution in [3.63, 3.8) is 0 Å². The van der Waals surface area contributed by atoms with Crippen LogP contribution in [0.1, 0.15) is 35.3 Å². The highest BCUT2D eigenvalue weighted by atomic mass is 16.6. The van der Waals surface area contributed by atoms with Crippen molar-refractivity contribution in [2.75, 3.05) is 27.4 Å². The molecular formula is C20H23NO5. The van der Waals surface area contributed by atoms with Gasteiger partial charge in [0.1, 0.15) is 19.0 Å². The lowest BCUT2D eigenvalue weighted by atomic mass is 10.0. The van der Waals surface area contributed by atoms with Crippen LogP contribution in [0.4, 0.5) is 0 Å². The van der Waals surface area contributed by atoms with E-state index in [-0.39, 0.29) is 11.9 Å². The Bertz CT molecular complexity index is 755. The van der Waals surface area contributed by atoms with Crippen LogP contribution < -0.4 is 24.3 Å². The number of benzene rings is 2. The Balaban J connectivity index is 1.81. The molecule has 1 heterocycles. The third-order valence-corrected chi connectivity index (χ3v) is 4.32. The molecule has 6 heteroatoms. The standard InChI is InChI=1S/C20H23NO5/c1-4-16(13-5-7-15(23-2)8-6-13)21-20(22)14-11-17(24-3)19-18(12-14)25-9-10-26-19/h5-8,11-12,16H,4,9-10H2,1-3H3,(H,21,22)/t16-/m0/s1. The van der Waals surface area contributed by atoms with Gasteiger partial charge >= 0.3 is 0 Å². The van der Waals surface area contributed by atoms with Gasteiger partial charge in [0.25, 0.3) is 5.91 Å². The first kappa shape index (κ1) is 17.9. The summed E-state index contributed by atoms with van der Waals surface area (Å²) in [6.07, 6.45) is 0.764. The van der Waals surface area contributed by atoms with Gasteiger partial charge in [0.15, 0.2) is 11.5 Å². The number of carbonyl (C=O) groups is 1. The summed E-state index contributed by atoms with van der Waals surface area (Å²) < 4.78 is 21.7. The summed E-state index contributed by atoms with van der Waals surface area (Å²) in [7, 11) is 3.17. The molecule has 26 heavy (non-hydrogen) atoms. The molecule has 2 aromatic rings. The van der Waals surface area contributed by atoms with Crippen LogP contribution in [0, 0.1) is 0 Å². The van der Waals surface area contributed by atoms with Crippen molar-refractivity contribution >= 4 is 5.91 Å². The van der Waals surface area contributed by atoms with Crippen LogP contribution >= 0.6 is 0 Å². The smallest absolute Gasteiger partial charge is 0.252 e. The zero-order valence-corrected chi connectivity index (χ0v) is 15.2. The summed E-state index contributed by atoms with van der Waals surface area (Å²) in [6.45, 7) is 2.94. The third kappa shape index (κ3) is 3.69. The van der Waals surface area contributed by atoms with Gasteiger partial charge in [-0.3, -0.25) is 4.79 Å². The molecule has 0 fully saturated rings. The molecule has 1 aliphatic heterocycles. The van der Waals surface area contributed by atoms with E-state index in [0.29, 0.717) is 36.0 Å². The average Bonchev–Trinajstić information content (AvgIpc) is 2.71. The summed E-state index contributed by atoms with van der Waals surface area (Å²) in [5.74, 6) is 2.15. The Hall–Kier alpha value is -2.89. The number of ether oxygens (including phenoxy) is 4. The number of amides is 1. The number of fused-ring (bicyclic) bond motifs is 1. The lowest BCUT2D eigenvalue weighted by molar-refractivity contribution is 0.0933. The number of carbonyl (C=O) groups excluding carboxylic acids is 1. The molecule has 1 aliphatic rings. The van der Waals surface area contributed by atoms with E-state index in [2.05, 4.69) is 5.32 Å². The second-order valence-corrected chi connectivity index (χ2v) is 5.91. The Morgan fingerprint density at radius 3 is 2.50 bits per heavy atom. The highest BCUT2D eigenvalue weighted by molar-refractivity contribution is 5.96. The van der Waals surface area contributed by atoms with E-state index in [9.17, 15) is 4.79 Å². The largest absolute Gasteiger partial charge is 0.497 e. The molecular weight excluding hydrogens is 334 g/mol. The van der Waals surface area contributed by atoms with Crippen molar-refractivity contribution in [2.24, 2.45) is 0 Å². The van der Waals surface area contributed by atoms with Crippen LogP contribution in [0.2, 0.25) is 0 Å². The third-order valence-electron chi connectivity index (χ3n) is 4.32. The SMILES string of the molecule is CC[C@H](NC(=O)c1cc(OC)c2c(c1)OCCO2)c1ccc(OC)cc1. The lowest BCUT2D eigenvalue weighted by Gasteiger charge is -2.22. The van der Waals surface area contributed by atoms with Crippen LogP contribution in [0.5, 0.6) is 23.0 Å². The Kier molecular flexibility index (Phi) is 5.51. The molecule has 2 aromatic carbocycles. The first-order valence-corrected chi connectivity index (χ1v) is 8.58. The number of hydrogen-bond donors (Lipinski definition) is 1. The predicted molar refractivity (Wildman–Crippen MR) is 97.5 cm³/mol. The number of hydrogen-bond acceptors (Lipinski definition) is 5. The van der Waals surface area contributed by atoms with E-state index >= 15 is 0 Å².